The first-order valence-electron chi connectivity index (χ1n) is 7.84. The van der Waals surface area contributed by atoms with Gasteiger partial charge in [-0.1, -0.05) is 18.2 Å². The summed E-state index contributed by atoms with van der Waals surface area (Å²) < 4.78 is 10.8. The lowest BCUT2D eigenvalue weighted by molar-refractivity contribution is -0.119. The number of ether oxygens (including phenoxy) is 2. The van der Waals surface area contributed by atoms with Crippen LogP contribution in [0.3, 0.4) is 0 Å². The fraction of sp³-hybridized carbons (Fsp3) is 0.438. The molecule has 2 amide bonds. The van der Waals surface area contributed by atoms with Crippen molar-refractivity contribution in [3.63, 3.8) is 0 Å². The predicted molar refractivity (Wildman–Crippen MR) is 87.5 cm³/mol. The van der Waals surface area contributed by atoms with Crippen LogP contribution in [0.15, 0.2) is 35.4 Å². The molecular weight excluding hydrogens is 312 g/mol. The van der Waals surface area contributed by atoms with E-state index in [0.717, 1.165) is 0 Å². The van der Waals surface area contributed by atoms with Crippen LogP contribution in [0.25, 0.3) is 0 Å². The summed E-state index contributed by atoms with van der Waals surface area (Å²) in [5.74, 6) is -0.844. The molecule has 8 heteroatoms. The molecule has 0 saturated carbocycles. The minimum atomic E-state index is -0.664. The van der Waals surface area contributed by atoms with E-state index in [9.17, 15) is 9.59 Å². The number of rotatable bonds is 5. The van der Waals surface area contributed by atoms with Gasteiger partial charge in [0.1, 0.15) is 11.8 Å². The molecule has 2 aliphatic heterocycles. The van der Waals surface area contributed by atoms with Gasteiger partial charge in [0.2, 0.25) is 5.91 Å². The van der Waals surface area contributed by atoms with E-state index >= 15 is 0 Å². The summed E-state index contributed by atoms with van der Waals surface area (Å²) >= 11 is 0. The van der Waals surface area contributed by atoms with E-state index in [1.807, 2.05) is 30.3 Å². The number of nitrogens with zero attached hydrogens (tertiary/aromatic N) is 2. The molecule has 1 aromatic rings. The van der Waals surface area contributed by atoms with Gasteiger partial charge in [0.15, 0.2) is 0 Å². The lowest BCUT2D eigenvalue weighted by Gasteiger charge is -2.22. The lowest BCUT2D eigenvalue weighted by Crippen LogP contribution is -2.42. The Morgan fingerprint density at radius 1 is 1.29 bits per heavy atom. The van der Waals surface area contributed by atoms with Crippen LogP contribution in [0, 0.1) is 0 Å². The van der Waals surface area contributed by atoms with Gasteiger partial charge in [-0.2, -0.15) is 5.10 Å². The van der Waals surface area contributed by atoms with Crippen molar-refractivity contribution in [3.8, 4) is 0 Å². The smallest absolute Gasteiger partial charge is 0.267 e. The number of para-hydroxylation sites is 1. The van der Waals surface area contributed by atoms with Crippen molar-refractivity contribution in [2.75, 3.05) is 31.4 Å². The van der Waals surface area contributed by atoms with Crippen LogP contribution in [0.2, 0.25) is 0 Å². The molecule has 8 nitrogen and oxygen atoms in total. The summed E-state index contributed by atoms with van der Waals surface area (Å²) in [6.07, 6.45) is 0.0137. The SMILES string of the molecule is NC(=O)[C@H]1CC(C(=O)NC[C@@H]2COCCO2)=NN1c1ccccc1. The molecule has 0 aliphatic carbocycles. The van der Waals surface area contributed by atoms with E-state index in [0.29, 0.717) is 32.1 Å². The third-order valence-corrected chi connectivity index (χ3v) is 3.90. The van der Waals surface area contributed by atoms with E-state index < -0.39 is 11.9 Å². The first-order valence-corrected chi connectivity index (χ1v) is 7.84. The van der Waals surface area contributed by atoms with Gasteiger partial charge in [0.25, 0.3) is 5.91 Å². The van der Waals surface area contributed by atoms with E-state index in [4.69, 9.17) is 15.2 Å². The number of nitrogens with one attached hydrogen (secondary N) is 1. The number of hydrazone groups is 1. The zero-order valence-electron chi connectivity index (χ0n) is 13.2. The second kappa shape index (κ2) is 7.41. The molecule has 128 valence electrons. The topological polar surface area (TPSA) is 106 Å². The fourth-order valence-electron chi connectivity index (χ4n) is 2.65. The van der Waals surface area contributed by atoms with Gasteiger partial charge in [-0.05, 0) is 12.1 Å². The highest BCUT2D eigenvalue weighted by Crippen LogP contribution is 2.24. The van der Waals surface area contributed by atoms with E-state index in [-0.39, 0.29) is 24.1 Å². The van der Waals surface area contributed by atoms with Crippen LogP contribution in [-0.4, -0.2) is 56.0 Å². The molecule has 0 unspecified atom stereocenters. The Kier molecular flexibility index (Phi) is 5.07. The van der Waals surface area contributed by atoms with Crippen LogP contribution in [0.5, 0.6) is 0 Å². The Hall–Kier alpha value is -2.45. The van der Waals surface area contributed by atoms with Crippen molar-refractivity contribution in [3.05, 3.63) is 30.3 Å². The van der Waals surface area contributed by atoms with Gasteiger partial charge < -0.3 is 20.5 Å². The molecule has 2 aliphatic rings. The molecule has 0 spiro atoms. The van der Waals surface area contributed by atoms with E-state index in [1.54, 1.807) is 0 Å². The molecule has 1 fully saturated rings. The molecule has 3 rings (SSSR count). The highest BCUT2D eigenvalue weighted by atomic mass is 16.6. The quantitative estimate of drug-likeness (QED) is 0.766. The van der Waals surface area contributed by atoms with Crippen LogP contribution < -0.4 is 16.1 Å². The number of carbonyl (C=O) groups excluding carboxylic acids is 2. The Morgan fingerprint density at radius 3 is 2.75 bits per heavy atom. The van der Waals surface area contributed by atoms with E-state index in [1.165, 1.54) is 5.01 Å². The minimum Gasteiger partial charge on any atom is -0.376 e. The minimum absolute atomic E-state index is 0.165. The average molecular weight is 332 g/mol. The molecule has 24 heavy (non-hydrogen) atoms. The van der Waals surface area contributed by atoms with Crippen molar-refractivity contribution >= 4 is 23.2 Å². The Balaban J connectivity index is 1.66. The number of benzene rings is 1. The third kappa shape index (κ3) is 3.72. The van der Waals surface area contributed by atoms with Crippen molar-refractivity contribution in [1.29, 1.82) is 0 Å². The third-order valence-electron chi connectivity index (χ3n) is 3.90. The van der Waals surface area contributed by atoms with Gasteiger partial charge >= 0.3 is 0 Å². The molecule has 0 bridgehead atoms. The van der Waals surface area contributed by atoms with Crippen LogP contribution >= 0.6 is 0 Å². The van der Waals surface area contributed by atoms with Crippen molar-refractivity contribution in [2.45, 2.75) is 18.6 Å². The Bertz CT molecular complexity index is 628. The van der Waals surface area contributed by atoms with Crippen molar-refractivity contribution in [2.24, 2.45) is 10.8 Å². The fourth-order valence-corrected chi connectivity index (χ4v) is 2.65. The summed E-state index contributed by atoms with van der Waals surface area (Å²) in [4.78, 5) is 24.0. The zero-order chi connectivity index (χ0) is 16.9. The number of anilines is 1. The van der Waals surface area contributed by atoms with Gasteiger partial charge in [0.05, 0.1) is 31.6 Å². The normalized spacial score (nSPS) is 23.7. The van der Waals surface area contributed by atoms with Crippen LogP contribution in [0.1, 0.15) is 6.42 Å². The maximum absolute atomic E-state index is 12.3. The Labute approximate surface area is 139 Å². The molecule has 1 aromatic carbocycles. The van der Waals surface area contributed by atoms with Gasteiger partial charge in [-0.3, -0.25) is 14.6 Å². The average Bonchev–Trinajstić information content (AvgIpc) is 3.07. The summed E-state index contributed by atoms with van der Waals surface area (Å²) in [7, 11) is 0. The van der Waals surface area contributed by atoms with Crippen LogP contribution in [-0.2, 0) is 19.1 Å². The first-order chi connectivity index (χ1) is 11.6. The van der Waals surface area contributed by atoms with Gasteiger partial charge in [0, 0.05) is 13.0 Å². The highest BCUT2D eigenvalue weighted by Gasteiger charge is 2.35. The molecule has 0 aromatic heterocycles. The number of nitrogens with two attached hydrogens (primary N) is 1. The van der Waals surface area contributed by atoms with Gasteiger partial charge in [-0.25, -0.2) is 0 Å². The Morgan fingerprint density at radius 2 is 2.08 bits per heavy atom. The lowest BCUT2D eigenvalue weighted by atomic mass is 10.1. The molecule has 0 radical (unpaired) electrons. The predicted octanol–water partition coefficient (Wildman–Crippen LogP) is -0.362. The number of hydrogen-bond donors (Lipinski definition) is 2. The second-order valence-corrected chi connectivity index (χ2v) is 5.63. The largest absolute Gasteiger partial charge is 0.376 e. The zero-order valence-corrected chi connectivity index (χ0v) is 13.2. The number of amides is 2. The molecule has 2 atom stereocenters. The standard InChI is InChI=1S/C16H20N4O4/c17-15(21)14-8-13(19-20(14)11-4-2-1-3-5-11)16(22)18-9-12-10-23-6-7-24-12/h1-5,12,14H,6-10H2,(H2,17,21)(H,18,22)/t12-,14-/m1/s1. The molecule has 3 N–H and O–H groups in total. The monoisotopic (exact) mass is 332 g/mol. The van der Waals surface area contributed by atoms with Gasteiger partial charge in [-0.15, -0.1) is 0 Å². The van der Waals surface area contributed by atoms with Crippen molar-refractivity contribution < 1.29 is 19.1 Å². The number of carbonyl (C=O) groups is 2. The summed E-state index contributed by atoms with van der Waals surface area (Å²) in [6.45, 7) is 1.88. The summed E-state index contributed by atoms with van der Waals surface area (Å²) in [5.41, 5.74) is 6.45. The highest BCUT2D eigenvalue weighted by molar-refractivity contribution is 6.40. The number of primary amides is 1. The molecule has 1 saturated heterocycles. The van der Waals surface area contributed by atoms with E-state index in [2.05, 4.69) is 10.4 Å². The molecule has 2 heterocycles. The first kappa shape index (κ1) is 16.4. The van der Waals surface area contributed by atoms with Crippen LogP contribution in [0.4, 0.5) is 5.69 Å². The maximum Gasteiger partial charge on any atom is 0.267 e. The number of hydrogen-bond acceptors (Lipinski definition) is 6. The second-order valence-electron chi connectivity index (χ2n) is 5.63. The maximum atomic E-state index is 12.3. The summed E-state index contributed by atoms with van der Waals surface area (Å²) in [6, 6.07) is 8.49. The summed E-state index contributed by atoms with van der Waals surface area (Å²) in [5, 5.41) is 8.56. The molecular formula is C16H20N4O4. The van der Waals surface area contributed by atoms with Crippen molar-refractivity contribution in [1.82, 2.24) is 5.32 Å².